The highest BCUT2D eigenvalue weighted by molar-refractivity contribution is 5.50. The van der Waals surface area contributed by atoms with E-state index in [2.05, 4.69) is 41.5 Å². The lowest BCUT2D eigenvalue weighted by Gasteiger charge is -2.36. The second kappa shape index (κ2) is 7.25. The molecule has 1 saturated heterocycles. The predicted molar refractivity (Wildman–Crippen MR) is 99.8 cm³/mol. The van der Waals surface area contributed by atoms with Gasteiger partial charge in [0, 0.05) is 24.8 Å². The largest absolute Gasteiger partial charge is 0.493 e. The number of nitrogens with one attached hydrogen (secondary N) is 1. The van der Waals surface area contributed by atoms with Gasteiger partial charge in [-0.25, -0.2) is 0 Å². The van der Waals surface area contributed by atoms with E-state index >= 15 is 0 Å². The maximum atomic E-state index is 5.67. The Balaban J connectivity index is 1.74. The van der Waals surface area contributed by atoms with E-state index in [9.17, 15) is 0 Å². The van der Waals surface area contributed by atoms with Crippen LogP contribution in [0.15, 0.2) is 30.5 Å². The molecule has 26 heavy (non-hydrogen) atoms. The van der Waals surface area contributed by atoms with Crippen LogP contribution in [-0.2, 0) is 11.2 Å². The van der Waals surface area contributed by atoms with Gasteiger partial charge in [0.25, 0.3) is 0 Å². The third kappa shape index (κ3) is 3.17. The van der Waals surface area contributed by atoms with Crippen LogP contribution in [0.1, 0.15) is 40.9 Å². The molecule has 3 atom stereocenters. The summed E-state index contributed by atoms with van der Waals surface area (Å²) in [5.41, 5.74) is 4.85. The monoisotopic (exact) mass is 354 g/mol. The first-order valence-electron chi connectivity index (χ1n) is 9.20. The van der Waals surface area contributed by atoms with Gasteiger partial charge in [-0.05, 0) is 54.7 Å². The number of rotatable bonds is 4. The van der Waals surface area contributed by atoms with Gasteiger partial charge in [0.1, 0.15) is 0 Å². The minimum atomic E-state index is 0.187. The van der Waals surface area contributed by atoms with Gasteiger partial charge in [0.2, 0.25) is 0 Å². The molecule has 1 aromatic carbocycles. The maximum Gasteiger partial charge on any atom is 0.161 e. The normalized spacial score (nSPS) is 25.0. The third-order valence-electron chi connectivity index (χ3n) is 5.51. The summed E-state index contributed by atoms with van der Waals surface area (Å²) < 4.78 is 16.7. The average Bonchev–Trinajstić information content (AvgIpc) is 3.21. The van der Waals surface area contributed by atoms with Gasteiger partial charge in [-0.2, -0.15) is 0 Å². The van der Waals surface area contributed by atoms with Crippen molar-refractivity contribution in [1.82, 2.24) is 10.3 Å². The molecule has 4 rings (SSSR count). The smallest absolute Gasteiger partial charge is 0.161 e. The van der Waals surface area contributed by atoms with E-state index in [4.69, 9.17) is 14.2 Å². The lowest BCUT2D eigenvalue weighted by Crippen LogP contribution is -2.38. The van der Waals surface area contributed by atoms with Gasteiger partial charge in [0.05, 0.1) is 32.6 Å². The van der Waals surface area contributed by atoms with Crippen LogP contribution in [0.3, 0.4) is 0 Å². The fraction of sp³-hybridized carbons (Fsp3) is 0.476. The summed E-state index contributed by atoms with van der Waals surface area (Å²) in [5, 5.41) is 3.84. The summed E-state index contributed by atoms with van der Waals surface area (Å²) in [6.07, 6.45) is 3.89. The Morgan fingerprint density at radius 3 is 2.62 bits per heavy atom. The van der Waals surface area contributed by atoms with Crippen LogP contribution in [0.5, 0.6) is 11.5 Å². The van der Waals surface area contributed by atoms with E-state index in [-0.39, 0.29) is 12.1 Å². The van der Waals surface area contributed by atoms with Crippen LogP contribution in [0, 0.1) is 12.8 Å². The highest BCUT2D eigenvalue weighted by atomic mass is 16.5. The molecule has 0 unspecified atom stereocenters. The van der Waals surface area contributed by atoms with Gasteiger partial charge in [0.15, 0.2) is 11.5 Å². The number of pyridine rings is 1. The molecule has 5 heteroatoms. The summed E-state index contributed by atoms with van der Waals surface area (Å²) in [5.74, 6) is 2.02. The molecule has 0 spiro atoms. The second-order valence-electron chi connectivity index (χ2n) is 7.19. The van der Waals surface area contributed by atoms with Crippen LogP contribution in [-0.4, -0.2) is 32.4 Å². The molecule has 2 aliphatic rings. The topological polar surface area (TPSA) is 52.6 Å². The standard InChI is InChI=1S/C21H26N2O3/c1-13-4-5-17(22-11-13)18-8-15-9-19(24-2)20(25-3)10-16(15)21(23-18)14-6-7-26-12-14/h4-5,9-11,14,18,21,23H,6-8,12H2,1-3H3/t14-,18-,21-/m1/s1. The van der Waals surface area contributed by atoms with Crippen LogP contribution < -0.4 is 14.8 Å². The molecule has 0 bridgehead atoms. The van der Waals surface area contributed by atoms with Gasteiger partial charge in [-0.1, -0.05) is 6.07 Å². The third-order valence-corrected chi connectivity index (χ3v) is 5.51. The Labute approximate surface area is 154 Å². The number of nitrogens with zero attached hydrogens (tertiary/aromatic N) is 1. The molecule has 2 aromatic rings. The molecule has 0 saturated carbocycles. The minimum absolute atomic E-state index is 0.187. The van der Waals surface area contributed by atoms with Gasteiger partial charge >= 0.3 is 0 Å². The van der Waals surface area contributed by atoms with Crippen molar-refractivity contribution in [2.24, 2.45) is 5.92 Å². The molecule has 0 amide bonds. The molecule has 1 aromatic heterocycles. The SMILES string of the molecule is COc1cc2c(cc1OC)[C@@H]([C@@H]1CCOC1)N[C@@H](c1ccc(C)cn1)C2. The second-order valence-corrected chi connectivity index (χ2v) is 7.19. The fourth-order valence-corrected chi connectivity index (χ4v) is 4.07. The van der Waals surface area contributed by atoms with Crippen LogP contribution in [0.25, 0.3) is 0 Å². The van der Waals surface area contributed by atoms with Gasteiger partial charge in [-0.3, -0.25) is 4.98 Å². The van der Waals surface area contributed by atoms with Crippen molar-refractivity contribution in [3.8, 4) is 11.5 Å². The molecule has 2 aliphatic heterocycles. The van der Waals surface area contributed by atoms with E-state index in [0.717, 1.165) is 43.2 Å². The van der Waals surface area contributed by atoms with Crippen molar-refractivity contribution in [2.45, 2.75) is 31.8 Å². The number of fused-ring (bicyclic) bond motifs is 1. The summed E-state index contributed by atoms with van der Waals surface area (Å²) in [4.78, 5) is 4.66. The van der Waals surface area contributed by atoms with E-state index < -0.39 is 0 Å². The van der Waals surface area contributed by atoms with Crippen LogP contribution in [0.2, 0.25) is 0 Å². The lowest BCUT2D eigenvalue weighted by atomic mass is 9.82. The summed E-state index contributed by atoms with van der Waals surface area (Å²) in [7, 11) is 3.37. The Morgan fingerprint density at radius 2 is 1.96 bits per heavy atom. The molecule has 5 nitrogen and oxygen atoms in total. The van der Waals surface area contributed by atoms with Crippen molar-refractivity contribution in [1.29, 1.82) is 0 Å². The average molecular weight is 354 g/mol. The summed E-state index contributed by atoms with van der Waals surface area (Å²) in [6.45, 7) is 3.69. The van der Waals surface area contributed by atoms with Crippen molar-refractivity contribution >= 4 is 0 Å². The first-order chi connectivity index (χ1) is 12.7. The van der Waals surface area contributed by atoms with Crippen molar-refractivity contribution in [3.63, 3.8) is 0 Å². The van der Waals surface area contributed by atoms with E-state index in [1.807, 2.05) is 6.20 Å². The van der Waals surface area contributed by atoms with Gasteiger partial charge in [-0.15, -0.1) is 0 Å². The summed E-state index contributed by atoms with van der Waals surface area (Å²) in [6, 6.07) is 8.92. The molecule has 1 N–H and O–H groups in total. The zero-order chi connectivity index (χ0) is 18.1. The number of hydrogen-bond donors (Lipinski definition) is 1. The Kier molecular flexibility index (Phi) is 4.83. The highest BCUT2D eigenvalue weighted by Gasteiger charge is 2.35. The number of benzene rings is 1. The lowest BCUT2D eigenvalue weighted by molar-refractivity contribution is 0.172. The molecular weight excluding hydrogens is 328 g/mol. The van der Waals surface area contributed by atoms with Crippen molar-refractivity contribution < 1.29 is 14.2 Å². The Hall–Kier alpha value is -2.11. The quantitative estimate of drug-likeness (QED) is 0.912. The fourth-order valence-electron chi connectivity index (χ4n) is 4.07. The van der Waals surface area contributed by atoms with E-state index in [0.29, 0.717) is 5.92 Å². The number of methoxy groups -OCH3 is 2. The highest BCUT2D eigenvalue weighted by Crippen LogP contribution is 2.42. The van der Waals surface area contributed by atoms with Crippen LogP contribution >= 0.6 is 0 Å². The number of hydrogen-bond acceptors (Lipinski definition) is 5. The molecular formula is C21H26N2O3. The number of aromatic nitrogens is 1. The number of aryl methyl sites for hydroxylation is 1. The first kappa shape index (κ1) is 17.3. The molecule has 1 fully saturated rings. The van der Waals surface area contributed by atoms with E-state index in [1.165, 1.54) is 16.7 Å². The Bertz CT molecular complexity index is 770. The van der Waals surface area contributed by atoms with Crippen molar-refractivity contribution in [3.05, 3.63) is 52.8 Å². The first-order valence-corrected chi connectivity index (χ1v) is 9.20. The van der Waals surface area contributed by atoms with Crippen molar-refractivity contribution in [2.75, 3.05) is 27.4 Å². The molecule has 0 aliphatic carbocycles. The molecule has 0 radical (unpaired) electrons. The zero-order valence-electron chi connectivity index (χ0n) is 15.6. The van der Waals surface area contributed by atoms with Crippen LogP contribution in [0.4, 0.5) is 0 Å². The number of ether oxygens (including phenoxy) is 3. The minimum Gasteiger partial charge on any atom is -0.493 e. The maximum absolute atomic E-state index is 5.67. The zero-order valence-corrected chi connectivity index (χ0v) is 15.6. The molecule has 3 heterocycles. The van der Waals surface area contributed by atoms with E-state index in [1.54, 1.807) is 14.2 Å². The molecule has 138 valence electrons. The summed E-state index contributed by atoms with van der Waals surface area (Å²) >= 11 is 0. The predicted octanol–water partition coefficient (Wildman–Crippen LogP) is 3.37. The Morgan fingerprint density at radius 1 is 1.15 bits per heavy atom. The van der Waals surface area contributed by atoms with Gasteiger partial charge < -0.3 is 19.5 Å².